The monoisotopic (exact) mass is 334 g/mol. The molecule has 0 spiro atoms. The van der Waals surface area contributed by atoms with Crippen LogP contribution in [0.2, 0.25) is 0 Å². The highest BCUT2D eigenvalue weighted by Gasteiger charge is 2.12. The lowest BCUT2D eigenvalue weighted by molar-refractivity contribution is 0.0956. The smallest absolute Gasteiger partial charge is 0.251 e. The standard InChI is InChI=1S/C16H18N2O4S/c1-22-15-8-7-13(16(19)18-9-10-23(17,20)21)11-14(15)12-5-3-2-4-6-12/h2-8,11H,9-10H2,1H3,(H,18,19)(H2,17,20,21). The van der Waals surface area contributed by atoms with Crippen LogP contribution in [0.1, 0.15) is 10.4 Å². The third-order valence-electron chi connectivity index (χ3n) is 3.22. The number of hydrogen-bond donors (Lipinski definition) is 2. The Morgan fingerprint density at radius 2 is 1.87 bits per heavy atom. The Balaban J connectivity index is 2.22. The number of carbonyl (C=O) groups excluding carboxylic acids is 1. The first-order chi connectivity index (χ1) is 10.9. The van der Waals surface area contributed by atoms with E-state index in [-0.39, 0.29) is 18.2 Å². The second-order valence-corrected chi connectivity index (χ2v) is 6.64. The van der Waals surface area contributed by atoms with Gasteiger partial charge in [0.15, 0.2) is 0 Å². The Hall–Kier alpha value is -2.38. The van der Waals surface area contributed by atoms with Crippen LogP contribution in [0.25, 0.3) is 11.1 Å². The Kier molecular flexibility index (Phi) is 5.36. The molecule has 1 amide bonds. The summed E-state index contributed by atoms with van der Waals surface area (Å²) in [6, 6.07) is 14.6. The first-order valence-electron chi connectivity index (χ1n) is 6.93. The van der Waals surface area contributed by atoms with Crippen molar-refractivity contribution in [3.63, 3.8) is 0 Å². The molecule has 0 fully saturated rings. The molecule has 0 atom stereocenters. The maximum absolute atomic E-state index is 12.1. The number of rotatable bonds is 6. The molecule has 2 rings (SSSR count). The number of nitrogens with one attached hydrogen (secondary N) is 1. The predicted molar refractivity (Wildman–Crippen MR) is 88.7 cm³/mol. The summed E-state index contributed by atoms with van der Waals surface area (Å²) in [6.07, 6.45) is 0. The predicted octanol–water partition coefficient (Wildman–Crippen LogP) is 1.38. The number of sulfonamides is 1. The summed E-state index contributed by atoms with van der Waals surface area (Å²) in [5.74, 6) is -0.0220. The molecule has 0 aliphatic rings. The molecule has 0 radical (unpaired) electrons. The lowest BCUT2D eigenvalue weighted by Crippen LogP contribution is -2.31. The molecule has 0 aliphatic heterocycles. The number of hydrogen-bond acceptors (Lipinski definition) is 4. The summed E-state index contributed by atoms with van der Waals surface area (Å²) in [4.78, 5) is 12.1. The van der Waals surface area contributed by atoms with E-state index in [1.807, 2.05) is 30.3 Å². The first-order valence-corrected chi connectivity index (χ1v) is 8.64. The van der Waals surface area contributed by atoms with Gasteiger partial charge in [0.1, 0.15) is 5.75 Å². The van der Waals surface area contributed by atoms with Crippen molar-refractivity contribution < 1.29 is 17.9 Å². The molecule has 7 heteroatoms. The quantitative estimate of drug-likeness (QED) is 0.834. The van der Waals surface area contributed by atoms with E-state index in [1.165, 1.54) is 0 Å². The Bertz CT molecular complexity index is 789. The van der Waals surface area contributed by atoms with Gasteiger partial charge in [0.05, 0.1) is 12.9 Å². The van der Waals surface area contributed by atoms with Crippen LogP contribution in [-0.2, 0) is 10.0 Å². The average Bonchev–Trinajstić information content (AvgIpc) is 2.53. The molecule has 2 aromatic rings. The van der Waals surface area contributed by atoms with E-state index in [2.05, 4.69) is 5.32 Å². The van der Waals surface area contributed by atoms with Gasteiger partial charge >= 0.3 is 0 Å². The number of methoxy groups -OCH3 is 1. The van der Waals surface area contributed by atoms with Gasteiger partial charge in [-0.2, -0.15) is 0 Å². The number of carbonyl (C=O) groups is 1. The van der Waals surface area contributed by atoms with E-state index < -0.39 is 10.0 Å². The zero-order valence-electron chi connectivity index (χ0n) is 12.7. The van der Waals surface area contributed by atoms with Gasteiger partial charge in [0.2, 0.25) is 10.0 Å². The number of benzene rings is 2. The number of amides is 1. The van der Waals surface area contributed by atoms with Crippen molar-refractivity contribution in [3.8, 4) is 16.9 Å². The van der Waals surface area contributed by atoms with Gasteiger partial charge < -0.3 is 10.1 Å². The van der Waals surface area contributed by atoms with E-state index in [1.54, 1.807) is 25.3 Å². The highest BCUT2D eigenvalue weighted by Crippen LogP contribution is 2.30. The second-order valence-electron chi connectivity index (χ2n) is 4.90. The second kappa shape index (κ2) is 7.26. The average molecular weight is 334 g/mol. The lowest BCUT2D eigenvalue weighted by atomic mass is 10.0. The van der Waals surface area contributed by atoms with Crippen LogP contribution in [0.15, 0.2) is 48.5 Å². The van der Waals surface area contributed by atoms with Crippen LogP contribution in [-0.4, -0.2) is 33.7 Å². The first kappa shape index (κ1) is 17.0. The van der Waals surface area contributed by atoms with E-state index in [0.717, 1.165) is 11.1 Å². The van der Waals surface area contributed by atoms with Gasteiger partial charge in [0.25, 0.3) is 5.91 Å². The molecule has 122 valence electrons. The SMILES string of the molecule is COc1ccc(C(=O)NCCS(N)(=O)=O)cc1-c1ccccc1. The van der Waals surface area contributed by atoms with E-state index >= 15 is 0 Å². The van der Waals surface area contributed by atoms with Crippen LogP contribution in [0.4, 0.5) is 0 Å². The minimum absolute atomic E-state index is 0.0373. The fourth-order valence-electron chi connectivity index (χ4n) is 2.10. The summed E-state index contributed by atoms with van der Waals surface area (Å²) in [6.45, 7) is -0.0373. The molecule has 2 aromatic carbocycles. The van der Waals surface area contributed by atoms with Gasteiger partial charge in [-0.25, -0.2) is 13.6 Å². The van der Waals surface area contributed by atoms with Crippen LogP contribution in [0.5, 0.6) is 5.75 Å². The maximum Gasteiger partial charge on any atom is 0.251 e. The van der Waals surface area contributed by atoms with Crippen LogP contribution in [0, 0.1) is 0 Å². The van der Waals surface area contributed by atoms with Crippen LogP contribution >= 0.6 is 0 Å². The minimum Gasteiger partial charge on any atom is -0.496 e. The molecule has 0 heterocycles. The van der Waals surface area contributed by atoms with E-state index in [9.17, 15) is 13.2 Å². The molecule has 0 aliphatic carbocycles. The molecule has 23 heavy (non-hydrogen) atoms. The van der Waals surface area contributed by atoms with Gasteiger partial charge in [0, 0.05) is 17.7 Å². The van der Waals surface area contributed by atoms with Gasteiger partial charge in [-0.1, -0.05) is 30.3 Å². The Labute approximate surface area is 135 Å². The zero-order chi connectivity index (χ0) is 16.9. The minimum atomic E-state index is -3.60. The van der Waals surface area contributed by atoms with Crippen molar-refractivity contribution in [1.82, 2.24) is 5.32 Å². The molecule has 0 aromatic heterocycles. The largest absolute Gasteiger partial charge is 0.496 e. The summed E-state index contributed by atoms with van der Waals surface area (Å²) in [7, 11) is -2.04. The summed E-state index contributed by atoms with van der Waals surface area (Å²) in [5.41, 5.74) is 2.12. The van der Waals surface area contributed by atoms with Crippen LogP contribution < -0.4 is 15.2 Å². The zero-order valence-corrected chi connectivity index (χ0v) is 13.5. The summed E-state index contributed by atoms with van der Waals surface area (Å²) in [5, 5.41) is 7.44. The molecule has 0 bridgehead atoms. The van der Waals surface area contributed by atoms with Crippen LogP contribution in [0.3, 0.4) is 0 Å². The Morgan fingerprint density at radius 1 is 1.17 bits per heavy atom. The van der Waals surface area contributed by atoms with Gasteiger partial charge in [-0.15, -0.1) is 0 Å². The van der Waals surface area contributed by atoms with E-state index in [0.29, 0.717) is 11.3 Å². The highest BCUT2D eigenvalue weighted by molar-refractivity contribution is 7.89. The highest BCUT2D eigenvalue weighted by atomic mass is 32.2. The van der Waals surface area contributed by atoms with Crippen molar-refractivity contribution in [2.24, 2.45) is 5.14 Å². The third kappa shape index (κ3) is 4.80. The van der Waals surface area contributed by atoms with Crippen molar-refractivity contribution in [3.05, 3.63) is 54.1 Å². The molecule has 6 nitrogen and oxygen atoms in total. The molecular weight excluding hydrogens is 316 g/mol. The lowest BCUT2D eigenvalue weighted by Gasteiger charge is -2.11. The van der Waals surface area contributed by atoms with Crippen molar-refractivity contribution in [2.75, 3.05) is 19.4 Å². The van der Waals surface area contributed by atoms with Gasteiger partial charge in [-0.3, -0.25) is 4.79 Å². The topological polar surface area (TPSA) is 98.5 Å². The Morgan fingerprint density at radius 3 is 2.48 bits per heavy atom. The third-order valence-corrected chi connectivity index (χ3v) is 3.99. The van der Waals surface area contributed by atoms with E-state index in [4.69, 9.17) is 9.88 Å². The molecular formula is C16H18N2O4S. The number of ether oxygens (including phenoxy) is 1. The van der Waals surface area contributed by atoms with Gasteiger partial charge in [-0.05, 0) is 23.8 Å². The number of primary sulfonamides is 1. The fraction of sp³-hybridized carbons (Fsp3) is 0.188. The summed E-state index contributed by atoms with van der Waals surface area (Å²) >= 11 is 0. The van der Waals surface area contributed by atoms with Crippen molar-refractivity contribution in [1.29, 1.82) is 0 Å². The molecule has 0 saturated heterocycles. The maximum atomic E-state index is 12.1. The molecule has 0 unspecified atom stereocenters. The molecule has 3 N–H and O–H groups in total. The normalized spacial score (nSPS) is 11.0. The van der Waals surface area contributed by atoms with Crippen molar-refractivity contribution in [2.45, 2.75) is 0 Å². The fourth-order valence-corrected chi connectivity index (χ4v) is 2.49. The number of nitrogens with two attached hydrogens (primary N) is 1. The summed E-state index contributed by atoms with van der Waals surface area (Å²) < 4.78 is 27.1. The molecule has 0 saturated carbocycles. The van der Waals surface area contributed by atoms with Crippen molar-refractivity contribution >= 4 is 15.9 Å².